The fraction of sp³-hybridized carbons (Fsp3) is 0.455. The molecule has 1 aliphatic rings. The fourth-order valence-electron chi connectivity index (χ4n) is 1.78. The van der Waals surface area contributed by atoms with E-state index in [4.69, 9.17) is 0 Å². The zero-order valence-corrected chi connectivity index (χ0v) is 9.18. The van der Waals surface area contributed by atoms with E-state index in [1.165, 1.54) is 0 Å². The number of aliphatic hydroxyl groups excluding tert-OH is 1. The van der Waals surface area contributed by atoms with Crippen LogP contribution in [0.5, 0.6) is 0 Å². The Hall–Kier alpha value is -1.62. The smallest absolute Gasteiger partial charge is 0.272 e. The Balaban J connectivity index is 2.14. The summed E-state index contributed by atoms with van der Waals surface area (Å²) in [6.07, 6.45) is 0.258. The topological polar surface area (TPSA) is 65.5 Å². The van der Waals surface area contributed by atoms with Crippen LogP contribution < -0.4 is 5.32 Å². The SMILES string of the molecule is CNc1cccc(C(=O)N2CCC(O)C2)n1. The molecule has 0 aliphatic carbocycles. The number of carbonyl (C=O) groups excluding carboxylic acids is 1. The maximum Gasteiger partial charge on any atom is 0.272 e. The van der Waals surface area contributed by atoms with Crippen molar-refractivity contribution >= 4 is 11.7 Å². The van der Waals surface area contributed by atoms with Crippen molar-refractivity contribution in [3.05, 3.63) is 23.9 Å². The Kier molecular flexibility index (Phi) is 3.05. The van der Waals surface area contributed by atoms with Gasteiger partial charge in [0.25, 0.3) is 5.91 Å². The van der Waals surface area contributed by atoms with Crippen LogP contribution in [0.4, 0.5) is 5.82 Å². The standard InChI is InChI=1S/C11H15N3O2/c1-12-10-4-2-3-9(13-10)11(16)14-6-5-8(15)7-14/h2-4,8,15H,5-7H2,1H3,(H,12,13). The van der Waals surface area contributed by atoms with E-state index in [1.54, 1.807) is 30.1 Å². The van der Waals surface area contributed by atoms with Crippen molar-refractivity contribution in [1.82, 2.24) is 9.88 Å². The average molecular weight is 221 g/mol. The van der Waals surface area contributed by atoms with Crippen LogP contribution in [0, 0.1) is 0 Å². The summed E-state index contributed by atoms with van der Waals surface area (Å²) in [5.41, 5.74) is 0.418. The first-order chi connectivity index (χ1) is 7.70. The van der Waals surface area contributed by atoms with Crippen molar-refractivity contribution in [2.45, 2.75) is 12.5 Å². The number of nitrogens with zero attached hydrogens (tertiary/aromatic N) is 2. The zero-order valence-electron chi connectivity index (χ0n) is 9.18. The first kappa shape index (κ1) is 10.9. The highest BCUT2D eigenvalue weighted by molar-refractivity contribution is 5.92. The predicted molar refractivity (Wildman–Crippen MR) is 60.3 cm³/mol. The second kappa shape index (κ2) is 4.49. The molecule has 86 valence electrons. The second-order valence-corrected chi connectivity index (χ2v) is 3.85. The van der Waals surface area contributed by atoms with Gasteiger partial charge in [-0.25, -0.2) is 4.98 Å². The molecule has 2 rings (SSSR count). The van der Waals surface area contributed by atoms with Gasteiger partial charge in [0, 0.05) is 20.1 Å². The van der Waals surface area contributed by atoms with E-state index >= 15 is 0 Å². The molecule has 2 N–H and O–H groups in total. The van der Waals surface area contributed by atoms with Crippen molar-refractivity contribution in [2.75, 3.05) is 25.5 Å². The molecule has 5 heteroatoms. The van der Waals surface area contributed by atoms with E-state index in [9.17, 15) is 9.90 Å². The molecule has 1 amide bonds. The summed E-state index contributed by atoms with van der Waals surface area (Å²) in [5, 5.41) is 12.3. The van der Waals surface area contributed by atoms with Crippen LogP contribution in [0.2, 0.25) is 0 Å². The number of aromatic nitrogens is 1. The minimum atomic E-state index is -0.392. The van der Waals surface area contributed by atoms with E-state index in [-0.39, 0.29) is 5.91 Å². The number of rotatable bonds is 2. The number of β-amino-alcohol motifs (C(OH)–C–C–N with tert-alkyl or cyclic N) is 1. The van der Waals surface area contributed by atoms with Gasteiger partial charge in [0.15, 0.2) is 0 Å². The molecule has 1 aromatic rings. The van der Waals surface area contributed by atoms with Gasteiger partial charge < -0.3 is 15.3 Å². The summed E-state index contributed by atoms with van der Waals surface area (Å²) < 4.78 is 0. The van der Waals surface area contributed by atoms with E-state index < -0.39 is 6.10 Å². The molecule has 0 aromatic carbocycles. The summed E-state index contributed by atoms with van der Waals surface area (Å²) in [6, 6.07) is 5.28. The van der Waals surface area contributed by atoms with Crippen LogP contribution in [0.25, 0.3) is 0 Å². The molecular weight excluding hydrogens is 206 g/mol. The van der Waals surface area contributed by atoms with Crippen LogP contribution in [0.1, 0.15) is 16.9 Å². The van der Waals surface area contributed by atoms with Gasteiger partial charge in [0.05, 0.1) is 6.10 Å². The molecule has 1 aliphatic heterocycles. The van der Waals surface area contributed by atoms with Gasteiger partial charge in [-0.2, -0.15) is 0 Å². The Bertz CT molecular complexity index is 395. The van der Waals surface area contributed by atoms with E-state index in [1.807, 2.05) is 0 Å². The molecule has 16 heavy (non-hydrogen) atoms. The normalized spacial score (nSPS) is 19.9. The third kappa shape index (κ3) is 2.14. The summed E-state index contributed by atoms with van der Waals surface area (Å²) >= 11 is 0. The number of hydrogen-bond acceptors (Lipinski definition) is 4. The third-order valence-corrected chi connectivity index (χ3v) is 2.67. The molecule has 0 saturated carbocycles. The Labute approximate surface area is 94.1 Å². The van der Waals surface area contributed by atoms with Crippen molar-refractivity contribution in [3.63, 3.8) is 0 Å². The quantitative estimate of drug-likeness (QED) is 0.755. The molecular formula is C11H15N3O2. The van der Waals surface area contributed by atoms with E-state index in [0.717, 1.165) is 0 Å². The molecule has 1 unspecified atom stereocenters. The molecule has 1 saturated heterocycles. The lowest BCUT2D eigenvalue weighted by atomic mass is 10.3. The predicted octanol–water partition coefficient (Wildman–Crippen LogP) is 0.330. The second-order valence-electron chi connectivity index (χ2n) is 3.85. The van der Waals surface area contributed by atoms with Gasteiger partial charge >= 0.3 is 0 Å². The van der Waals surface area contributed by atoms with Crippen LogP contribution in [0.15, 0.2) is 18.2 Å². The third-order valence-electron chi connectivity index (χ3n) is 2.67. The number of pyridine rings is 1. The van der Waals surface area contributed by atoms with E-state index in [2.05, 4.69) is 10.3 Å². The number of carbonyl (C=O) groups is 1. The van der Waals surface area contributed by atoms with E-state index in [0.29, 0.717) is 31.0 Å². The molecule has 0 spiro atoms. The Morgan fingerprint density at radius 2 is 2.44 bits per heavy atom. The number of hydrogen-bond donors (Lipinski definition) is 2. The van der Waals surface area contributed by atoms with Gasteiger partial charge in [0.1, 0.15) is 11.5 Å². The monoisotopic (exact) mass is 221 g/mol. The number of aliphatic hydroxyl groups is 1. The molecule has 1 aromatic heterocycles. The highest BCUT2D eigenvalue weighted by Gasteiger charge is 2.26. The molecule has 1 atom stereocenters. The molecule has 0 bridgehead atoms. The Morgan fingerprint density at radius 1 is 1.62 bits per heavy atom. The maximum absolute atomic E-state index is 12.0. The molecule has 2 heterocycles. The summed E-state index contributed by atoms with van der Waals surface area (Å²) in [4.78, 5) is 17.8. The van der Waals surface area contributed by atoms with Gasteiger partial charge in [-0.1, -0.05) is 6.07 Å². The highest BCUT2D eigenvalue weighted by atomic mass is 16.3. The lowest BCUT2D eigenvalue weighted by Crippen LogP contribution is -2.30. The molecule has 0 radical (unpaired) electrons. The van der Waals surface area contributed by atoms with Crippen LogP contribution in [-0.2, 0) is 0 Å². The fourth-order valence-corrected chi connectivity index (χ4v) is 1.78. The lowest BCUT2D eigenvalue weighted by molar-refractivity contribution is 0.0759. The summed E-state index contributed by atoms with van der Waals surface area (Å²) in [7, 11) is 1.76. The number of amides is 1. The molecule has 5 nitrogen and oxygen atoms in total. The minimum absolute atomic E-state index is 0.117. The summed E-state index contributed by atoms with van der Waals surface area (Å²) in [5.74, 6) is 0.555. The maximum atomic E-state index is 12.0. The van der Waals surface area contributed by atoms with Gasteiger partial charge in [-0.15, -0.1) is 0 Å². The van der Waals surface area contributed by atoms with Crippen molar-refractivity contribution < 1.29 is 9.90 Å². The van der Waals surface area contributed by atoms with Gasteiger partial charge in [0.2, 0.25) is 0 Å². The number of nitrogens with one attached hydrogen (secondary N) is 1. The summed E-state index contributed by atoms with van der Waals surface area (Å²) in [6.45, 7) is 1.01. The van der Waals surface area contributed by atoms with Crippen LogP contribution in [0.3, 0.4) is 0 Å². The minimum Gasteiger partial charge on any atom is -0.391 e. The van der Waals surface area contributed by atoms with Crippen LogP contribution >= 0.6 is 0 Å². The lowest BCUT2D eigenvalue weighted by Gasteiger charge is -2.15. The van der Waals surface area contributed by atoms with Gasteiger partial charge in [-0.05, 0) is 18.6 Å². The van der Waals surface area contributed by atoms with Crippen molar-refractivity contribution in [2.24, 2.45) is 0 Å². The average Bonchev–Trinajstić information content (AvgIpc) is 2.75. The van der Waals surface area contributed by atoms with Crippen molar-refractivity contribution in [1.29, 1.82) is 0 Å². The number of likely N-dealkylation sites (tertiary alicyclic amines) is 1. The van der Waals surface area contributed by atoms with Crippen LogP contribution in [-0.4, -0.2) is 47.1 Å². The first-order valence-corrected chi connectivity index (χ1v) is 5.33. The number of anilines is 1. The first-order valence-electron chi connectivity index (χ1n) is 5.33. The molecule has 1 fully saturated rings. The van der Waals surface area contributed by atoms with Crippen molar-refractivity contribution in [3.8, 4) is 0 Å². The highest BCUT2D eigenvalue weighted by Crippen LogP contribution is 2.13. The van der Waals surface area contributed by atoms with Gasteiger partial charge in [-0.3, -0.25) is 4.79 Å². The largest absolute Gasteiger partial charge is 0.391 e. The zero-order chi connectivity index (χ0) is 11.5. The Morgan fingerprint density at radius 3 is 3.06 bits per heavy atom.